The molecule has 0 radical (unpaired) electrons. The maximum absolute atomic E-state index is 12.7. The van der Waals surface area contributed by atoms with Gasteiger partial charge in [-0.2, -0.15) is 17.9 Å². The number of amides is 1. The number of alkyl halides is 3. The molecule has 1 aromatic carbocycles. The number of carbonyl (C=O) groups is 1. The maximum atomic E-state index is 12.7. The fourth-order valence-electron chi connectivity index (χ4n) is 2.52. The summed E-state index contributed by atoms with van der Waals surface area (Å²) in [5, 5.41) is 14.3. The van der Waals surface area contributed by atoms with Gasteiger partial charge in [0.25, 0.3) is 0 Å². The predicted octanol–water partition coefficient (Wildman–Crippen LogP) is 3.98. The van der Waals surface area contributed by atoms with Crippen LogP contribution < -0.4 is 10.0 Å². The van der Waals surface area contributed by atoms with Crippen LogP contribution in [0, 0.1) is 5.21 Å². The van der Waals surface area contributed by atoms with Gasteiger partial charge >= 0.3 is 12.3 Å². The summed E-state index contributed by atoms with van der Waals surface area (Å²) in [6.07, 6.45) is -3.07. The normalized spacial score (nSPS) is 12.4. The quantitative estimate of drug-likeness (QED) is 0.582. The SMILES string of the molecule is C[C@@H](CCCc1cc(C(F)(F)F)cc[n+]1[O-])NC(=O)OCc1ccccc1. The average molecular weight is 382 g/mol. The predicted molar refractivity (Wildman–Crippen MR) is 92.6 cm³/mol. The molecule has 8 heteroatoms. The Balaban J connectivity index is 1.75. The molecule has 1 N–H and O–H groups in total. The van der Waals surface area contributed by atoms with Crippen LogP contribution in [0.1, 0.15) is 36.6 Å². The molecule has 1 aromatic heterocycles. The first-order valence-corrected chi connectivity index (χ1v) is 8.52. The van der Waals surface area contributed by atoms with Crippen LogP contribution >= 0.6 is 0 Å². The van der Waals surface area contributed by atoms with Crippen LogP contribution in [-0.2, 0) is 23.9 Å². The minimum Gasteiger partial charge on any atom is -0.619 e. The van der Waals surface area contributed by atoms with E-state index in [-0.39, 0.29) is 24.8 Å². The zero-order valence-corrected chi connectivity index (χ0v) is 14.8. The molecule has 5 nitrogen and oxygen atoms in total. The summed E-state index contributed by atoms with van der Waals surface area (Å²) >= 11 is 0. The van der Waals surface area contributed by atoms with Crippen molar-refractivity contribution in [3.63, 3.8) is 0 Å². The van der Waals surface area contributed by atoms with E-state index in [1.165, 1.54) is 0 Å². The second kappa shape index (κ2) is 9.25. The standard InChI is InChI=1S/C19H21F3N2O3/c1-14(23-18(25)27-13-15-7-3-2-4-8-15)6-5-9-17-12-16(19(20,21)22)10-11-24(17)26/h2-4,7-8,10-12,14H,5-6,9,13H2,1H3,(H,23,25)/t14-/m0/s1. The molecule has 0 aliphatic rings. The number of ether oxygens (including phenoxy) is 1. The number of aromatic nitrogens is 1. The third kappa shape index (κ3) is 6.80. The van der Waals surface area contributed by atoms with Gasteiger partial charge in [0.15, 0.2) is 11.9 Å². The lowest BCUT2D eigenvalue weighted by Gasteiger charge is -2.14. The molecular formula is C19H21F3N2O3. The Labute approximate surface area is 155 Å². The summed E-state index contributed by atoms with van der Waals surface area (Å²) in [6, 6.07) is 10.6. The van der Waals surface area contributed by atoms with Gasteiger partial charge in [0.2, 0.25) is 0 Å². The molecule has 0 aliphatic heterocycles. The number of hydrogen-bond donors (Lipinski definition) is 1. The molecule has 0 unspecified atom stereocenters. The van der Waals surface area contributed by atoms with E-state index in [0.29, 0.717) is 17.6 Å². The lowest BCUT2D eigenvalue weighted by molar-refractivity contribution is -0.614. The molecule has 1 atom stereocenters. The number of alkyl carbamates (subject to hydrolysis) is 1. The van der Waals surface area contributed by atoms with Crippen molar-refractivity contribution < 1.29 is 27.4 Å². The molecule has 0 saturated carbocycles. The largest absolute Gasteiger partial charge is 0.619 e. The first-order chi connectivity index (χ1) is 12.8. The summed E-state index contributed by atoms with van der Waals surface area (Å²) in [6.45, 7) is 1.92. The number of pyridine rings is 1. The molecule has 0 spiro atoms. The molecular weight excluding hydrogens is 361 g/mol. The van der Waals surface area contributed by atoms with Crippen molar-refractivity contribution in [1.82, 2.24) is 5.32 Å². The van der Waals surface area contributed by atoms with E-state index in [2.05, 4.69) is 5.32 Å². The van der Waals surface area contributed by atoms with Gasteiger partial charge in [-0.1, -0.05) is 30.3 Å². The zero-order chi connectivity index (χ0) is 19.9. The smallest absolute Gasteiger partial charge is 0.416 e. The van der Waals surface area contributed by atoms with Crippen LogP contribution in [-0.4, -0.2) is 12.1 Å². The summed E-state index contributed by atoms with van der Waals surface area (Å²) in [5.74, 6) is 0. The highest BCUT2D eigenvalue weighted by Gasteiger charge is 2.32. The van der Waals surface area contributed by atoms with Crippen molar-refractivity contribution in [3.05, 3.63) is 70.7 Å². The molecule has 2 aromatic rings. The highest BCUT2D eigenvalue weighted by atomic mass is 19.4. The van der Waals surface area contributed by atoms with Crippen molar-refractivity contribution in [3.8, 4) is 0 Å². The zero-order valence-electron chi connectivity index (χ0n) is 14.8. The molecule has 0 saturated heterocycles. The van der Waals surface area contributed by atoms with Gasteiger partial charge in [-0.25, -0.2) is 4.79 Å². The Kier molecular flexibility index (Phi) is 7.04. The van der Waals surface area contributed by atoms with Crippen LogP contribution in [0.3, 0.4) is 0 Å². The van der Waals surface area contributed by atoms with Crippen LogP contribution in [0.5, 0.6) is 0 Å². The highest BCUT2D eigenvalue weighted by Crippen LogP contribution is 2.28. The Morgan fingerprint density at radius 3 is 2.63 bits per heavy atom. The van der Waals surface area contributed by atoms with Crippen LogP contribution in [0.2, 0.25) is 0 Å². The number of hydrogen-bond acceptors (Lipinski definition) is 3. The van der Waals surface area contributed by atoms with Gasteiger partial charge in [-0.3, -0.25) is 0 Å². The fourth-order valence-corrected chi connectivity index (χ4v) is 2.52. The molecule has 1 amide bonds. The number of nitrogens with zero attached hydrogens (tertiary/aromatic N) is 1. The Morgan fingerprint density at radius 1 is 1.26 bits per heavy atom. The second-order valence-corrected chi connectivity index (χ2v) is 6.23. The van der Waals surface area contributed by atoms with Gasteiger partial charge in [0.1, 0.15) is 6.61 Å². The van der Waals surface area contributed by atoms with Gasteiger partial charge in [0, 0.05) is 24.6 Å². The van der Waals surface area contributed by atoms with Crippen LogP contribution in [0.25, 0.3) is 0 Å². The van der Waals surface area contributed by atoms with Crippen molar-refractivity contribution in [2.75, 3.05) is 0 Å². The van der Waals surface area contributed by atoms with E-state index in [9.17, 15) is 23.2 Å². The Hall–Kier alpha value is -2.77. The molecule has 146 valence electrons. The third-order valence-corrected chi connectivity index (χ3v) is 3.97. The minimum atomic E-state index is -4.49. The molecule has 2 rings (SSSR count). The first-order valence-electron chi connectivity index (χ1n) is 8.52. The lowest BCUT2D eigenvalue weighted by atomic mass is 10.1. The summed E-state index contributed by atoms with van der Waals surface area (Å²) < 4.78 is 43.7. The van der Waals surface area contributed by atoms with Crippen LogP contribution in [0.4, 0.5) is 18.0 Å². The lowest BCUT2D eigenvalue weighted by Crippen LogP contribution is -2.34. The van der Waals surface area contributed by atoms with Crippen molar-refractivity contribution >= 4 is 6.09 Å². The van der Waals surface area contributed by atoms with E-state index < -0.39 is 17.8 Å². The first kappa shape index (κ1) is 20.5. The highest BCUT2D eigenvalue weighted by molar-refractivity contribution is 5.67. The molecule has 0 fully saturated rings. The van der Waals surface area contributed by atoms with E-state index in [1.54, 1.807) is 6.92 Å². The fraction of sp³-hybridized carbons (Fsp3) is 0.368. The van der Waals surface area contributed by atoms with Crippen molar-refractivity contribution in [2.45, 2.75) is 45.0 Å². The summed E-state index contributed by atoms with van der Waals surface area (Å²) in [5.41, 5.74) is 0.0637. The van der Waals surface area contributed by atoms with Gasteiger partial charge in [-0.15, -0.1) is 0 Å². The summed E-state index contributed by atoms with van der Waals surface area (Å²) in [7, 11) is 0. The van der Waals surface area contributed by atoms with Gasteiger partial charge < -0.3 is 15.3 Å². The van der Waals surface area contributed by atoms with Crippen LogP contribution in [0.15, 0.2) is 48.7 Å². The Morgan fingerprint density at radius 2 is 1.96 bits per heavy atom. The second-order valence-electron chi connectivity index (χ2n) is 6.23. The number of carbonyl (C=O) groups excluding carboxylic acids is 1. The number of rotatable bonds is 7. The number of nitrogens with one attached hydrogen (secondary N) is 1. The topological polar surface area (TPSA) is 65.3 Å². The van der Waals surface area contributed by atoms with E-state index in [0.717, 1.165) is 23.9 Å². The molecule has 0 bridgehead atoms. The monoisotopic (exact) mass is 382 g/mol. The summed E-state index contributed by atoms with van der Waals surface area (Å²) in [4.78, 5) is 11.8. The Bertz CT molecular complexity index is 752. The van der Waals surface area contributed by atoms with E-state index in [4.69, 9.17) is 4.74 Å². The van der Waals surface area contributed by atoms with E-state index in [1.807, 2.05) is 30.3 Å². The number of benzene rings is 1. The maximum Gasteiger partial charge on any atom is 0.416 e. The molecule has 1 heterocycles. The van der Waals surface area contributed by atoms with Gasteiger partial charge in [0.05, 0.1) is 5.56 Å². The molecule has 0 aliphatic carbocycles. The van der Waals surface area contributed by atoms with E-state index >= 15 is 0 Å². The third-order valence-electron chi connectivity index (χ3n) is 3.97. The number of halogens is 3. The van der Waals surface area contributed by atoms with Gasteiger partial charge in [-0.05, 0) is 25.3 Å². The van der Waals surface area contributed by atoms with Crippen molar-refractivity contribution in [1.29, 1.82) is 0 Å². The average Bonchev–Trinajstić information content (AvgIpc) is 2.61. The minimum absolute atomic E-state index is 0.0451. The number of aryl methyl sites for hydroxylation is 1. The molecule has 27 heavy (non-hydrogen) atoms. The van der Waals surface area contributed by atoms with Crippen molar-refractivity contribution in [2.24, 2.45) is 0 Å².